The van der Waals surface area contributed by atoms with E-state index in [0.29, 0.717) is 49.9 Å². The molecule has 89 heavy (non-hydrogen) atoms. The van der Waals surface area contributed by atoms with Crippen LogP contribution >= 0.6 is 0 Å². The Balaban J connectivity index is 0.000000172. The highest BCUT2D eigenvalue weighted by Crippen LogP contribution is 2.26. The SMILES string of the molecule is C.C=C(C)N[C@@H](C)c1cc2cccc(C#Cc3cnn(C)c3)c2c(=O)n1-c1ccccc1.C=C(C)N[C@@H](C)c1nc2cccc(C#Cc3cnn(C)c3)c2c(=O)n1-c1ccccc1.[B]n1c([C@H](C)NC(=C)C)cc2cccc(C#Cc3cnn(C)c3)c2c1=O. The van der Waals surface area contributed by atoms with E-state index < -0.39 is 0 Å². The number of nitrogens with one attached hydrogen (secondary N) is 3. The second kappa shape index (κ2) is 28.2. The van der Waals surface area contributed by atoms with Gasteiger partial charge in [-0.25, -0.2) is 4.98 Å². The molecule has 3 N–H and O–H groups in total. The molecule has 6 heterocycles. The van der Waals surface area contributed by atoms with Crippen molar-refractivity contribution in [2.45, 2.75) is 67.1 Å². The number of benzene rings is 5. The van der Waals surface area contributed by atoms with Crippen molar-refractivity contribution >= 4 is 40.4 Å². The topological polar surface area (TPSA) is 168 Å². The monoisotopic (exact) mass is 1180 g/mol. The molecule has 0 aliphatic rings. The van der Waals surface area contributed by atoms with Gasteiger partial charge in [0.25, 0.3) is 11.1 Å². The van der Waals surface area contributed by atoms with Crippen molar-refractivity contribution in [3.8, 4) is 46.9 Å². The van der Waals surface area contributed by atoms with Crippen LogP contribution in [-0.4, -0.2) is 55.9 Å². The van der Waals surface area contributed by atoms with E-state index in [1.165, 1.54) is 4.48 Å². The Morgan fingerprint density at radius 3 is 1.29 bits per heavy atom. The Hall–Kier alpha value is -11.3. The molecule has 444 valence electrons. The summed E-state index contributed by atoms with van der Waals surface area (Å²) in [5.41, 5.74) is 10.0. The van der Waals surface area contributed by atoms with Crippen LogP contribution in [0, 0.1) is 35.5 Å². The first kappa shape index (κ1) is 63.7. The standard InChI is InChI=1S/C26H24N4O.C25H23N5O.C20H19BN4O.CH4/c1-18(2)28-19(3)24-15-22-10-8-9-21(14-13-20-16-27-29(4)17-20)25(22)26(31)30(24)23-11-6-5-7-12-23;1-17(2)27-18(3)24-28-22-12-8-9-20(14-13-19-15-26-29(4)16-19)23(22)25(31)30(24)21-10-6-5-7-11-21;1-13(2)23-14(3)18-10-17-7-5-6-16(19(17)20(26)25(18)21)9-8-15-11-22-24(4)12-15;/h5-12,15-17,19,28H,1H2,2-4H3;5-12,15-16,18,27H,1H2,2-4H3;5-7,10-12,14,23H,1H2,2-4H3;1H4/t19-;18-;14-;/m000./s1. The largest absolute Gasteiger partial charge is 0.381 e. The van der Waals surface area contributed by atoms with Gasteiger partial charge >= 0.3 is 0 Å². The maximum atomic E-state index is 13.8. The number of pyridine rings is 2. The molecule has 0 saturated carbocycles. The van der Waals surface area contributed by atoms with Crippen molar-refractivity contribution in [2.75, 3.05) is 0 Å². The van der Waals surface area contributed by atoms with E-state index >= 15 is 0 Å². The molecular weight excluding hydrogens is 1110 g/mol. The molecule has 0 aliphatic heterocycles. The minimum atomic E-state index is -0.274. The van der Waals surface area contributed by atoms with Gasteiger partial charge in [-0.15, -0.1) is 0 Å². The van der Waals surface area contributed by atoms with E-state index in [4.69, 9.17) is 13.0 Å². The second-order valence-electron chi connectivity index (χ2n) is 21.4. The van der Waals surface area contributed by atoms with Crippen LogP contribution < -0.4 is 32.6 Å². The second-order valence-corrected chi connectivity index (χ2v) is 21.4. The third kappa shape index (κ3) is 15.0. The lowest BCUT2D eigenvalue weighted by molar-refractivity contribution is 0.593. The summed E-state index contributed by atoms with van der Waals surface area (Å²) in [6, 6.07) is 39.7. The minimum absolute atomic E-state index is 0. The van der Waals surface area contributed by atoms with E-state index in [9.17, 15) is 14.4 Å². The highest BCUT2D eigenvalue weighted by atomic mass is 16.1. The van der Waals surface area contributed by atoms with Crippen LogP contribution in [0.1, 0.15) is 118 Å². The van der Waals surface area contributed by atoms with Gasteiger partial charge in [-0.1, -0.05) is 129 Å². The maximum Gasteiger partial charge on any atom is 0.267 e. The zero-order valence-electron chi connectivity index (χ0n) is 50.7. The molecule has 0 unspecified atom stereocenters. The molecule has 11 aromatic rings. The van der Waals surface area contributed by atoms with Crippen molar-refractivity contribution in [3.63, 3.8) is 0 Å². The van der Waals surface area contributed by atoms with Crippen LogP contribution in [0.2, 0.25) is 0 Å². The van der Waals surface area contributed by atoms with Crippen molar-refractivity contribution in [1.29, 1.82) is 0 Å². The summed E-state index contributed by atoms with van der Waals surface area (Å²) in [5.74, 6) is 19.2. The van der Waals surface area contributed by atoms with Gasteiger partial charge in [0.2, 0.25) is 13.5 Å². The molecule has 6 aromatic heterocycles. The van der Waals surface area contributed by atoms with Gasteiger partial charge in [0, 0.05) is 90.6 Å². The number of rotatable bonds is 11. The molecule has 5 aromatic carbocycles. The van der Waals surface area contributed by atoms with Gasteiger partial charge in [0.15, 0.2) is 0 Å². The Morgan fingerprint density at radius 2 is 0.854 bits per heavy atom. The summed E-state index contributed by atoms with van der Waals surface area (Å²) in [6.07, 6.45) is 10.6. The number of aryl methyl sites for hydroxylation is 3. The summed E-state index contributed by atoms with van der Waals surface area (Å²) in [6.45, 7) is 23.3. The first-order valence-corrected chi connectivity index (χ1v) is 28.3. The lowest BCUT2D eigenvalue weighted by Gasteiger charge is -2.22. The van der Waals surface area contributed by atoms with Gasteiger partial charge in [0.05, 0.1) is 80.8 Å². The zero-order valence-corrected chi connectivity index (χ0v) is 50.7. The molecule has 0 spiro atoms. The van der Waals surface area contributed by atoms with E-state index in [1.54, 1.807) is 41.8 Å². The molecule has 0 amide bonds. The summed E-state index contributed by atoms with van der Waals surface area (Å²) in [5, 5.41) is 25.4. The van der Waals surface area contributed by atoms with Crippen LogP contribution in [0.3, 0.4) is 0 Å². The fraction of sp³-hybridized carbons (Fsp3) is 0.181. The van der Waals surface area contributed by atoms with Gasteiger partial charge in [-0.3, -0.25) is 37.6 Å². The lowest BCUT2D eigenvalue weighted by atomic mass is 10.0. The van der Waals surface area contributed by atoms with Crippen LogP contribution in [-0.2, 0) is 21.1 Å². The predicted octanol–water partition coefficient (Wildman–Crippen LogP) is 10.9. The van der Waals surface area contributed by atoms with E-state index in [-0.39, 0.29) is 42.2 Å². The average molecular weight is 1180 g/mol. The summed E-state index contributed by atoms with van der Waals surface area (Å²) < 4.78 is 9.67. The van der Waals surface area contributed by atoms with Crippen LogP contribution in [0.5, 0.6) is 0 Å². The smallest absolute Gasteiger partial charge is 0.267 e. The summed E-state index contributed by atoms with van der Waals surface area (Å²) >= 11 is 0. The Kier molecular flexibility index (Phi) is 20.2. The number of nitrogens with zero attached hydrogens (tertiary/aromatic N) is 10. The first-order chi connectivity index (χ1) is 42.2. The van der Waals surface area contributed by atoms with Crippen molar-refractivity contribution in [1.82, 2.24) is 63.9 Å². The van der Waals surface area contributed by atoms with E-state index in [1.807, 2.05) is 203 Å². The zero-order chi connectivity index (χ0) is 62.8. The Bertz CT molecular complexity index is 4640. The van der Waals surface area contributed by atoms with Gasteiger partial charge in [0.1, 0.15) is 5.82 Å². The molecule has 0 fully saturated rings. The van der Waals surface area contributed by atoms with Gasteiger partial charge in [-0.2, -0.15) is 15.3 Å². The number of fused-ring (bicyclic) bond motifs is 3. The molecular formula is C72H70BN13O3. The fourth-order valence-corrected chi connectivity index (χ4v) is 10.1. The van der Waals surface area contributed by atoms with E-state index in [2.05, 4.69) is 92.6 Å². The summed E-state index contributed by atoms with van der Waals surface area (Å²) in [4.78, 5) is 45.3. The van der Waals surface area contributed by atoms with E-state index in [0.717, 1.165) is 61.6 Å². The van der Waals surface area contributed by atoms with Crippen LogP contribution in [0.15, 0.2) is 216 Å². The first-order valence-electron chi connectivity index (χ1n) is 28.3. The fourth-order valence-electron chi connectivity index (χ4n) is 10.1. The molecule has 16 nitrogen and oxygen atoms in total. The molecule has 0 aliphatic carbocycles. The maximum absolute atomic E-state index is 13.8. The minimum Gasteiger partial charge on any atom is -0.381 e. The molecule has 0 saturated heterocycles. The average Bonchev–Trinajstić information content (AvgIpc) is 2.13. The van der Waals surface area contributed by atoms with Crippen molar-refractivity contribution < 1.29 is 0 Å². The Morgan fingerprint density at radius 1 is 0.472 bits per heavy atom. The number of hydrogen-bond acceptors (Lipinski definition) is 10. The van der Waals surface area contributed by atoms with Gasteiger partial charge < -0.3 is 20.4 Å². The third-order valence-corrected chi connectivity index (χ3v) is 13.9. The molecule has 0 bridgehead atoms. The van der Waals surface area contributed by atoms with Crippen molar-refractivity contribution in [3.05, 3.63) is 283 Å². The molecule has 17 heteroatoms. The Labute approximate surface area is 520 Å². The highest BCUT2D eigenvalue weighted by molar-refractivity contribution is 6.08. The van der Waals surface area contributed by atoms with Crippen LogP contribution in [0.25, 0.3) is 43.8 Å². The summed E-state index contributed by atoms with van der Waals surface area (Å²) in [7, 11) is 11.6. The highest BCUT2D eigenvalue weighted by Gasteiger charge is 2.21. The molecule has 3 atom stereocenters. The quantitative estimate of drug-likeness (QED) is 0.0837. The lowest BCUT2D eigenvalue weighted by Crippen LogP contribution is -2.29. The number of allylic oxidation sites excluding steroid dienone is 3. The van der Waals surface area contributed by atoms with Crippen LogP contribution in [0.4, 0.5) is 0 Å². The third-order valence-electron chi connectivity index (χ3n) is 13.9. The number of hydrogen-bond donors (Lipinski definition) is 3. The molecule has 2 radical (unpaired) electrons. The predicted molar refractivity (Wildman–Crippen MR) is 360 cm³/mol. The number of para-hydroxylation sites is 2. The normalized spacial score (nSPS) is 11.5. The molecule has 11 rings (SSSR count). The number of aromatic nitrogens is 10. The van der Waals surface area contributed by atoms with Gasteiger partial charge in [-0.05, 0) is 113 Å². The van der Waals surface area contributed by atoms with Crippen molar-refractivity contribution in [2.24, 2.45) is 21.1 Å².